The third-order valence-electron chi connectivity index (χ3n) is 5.26. The van der Waals surface area contributed by atoms with E-state index in [-0.39, 0.29) is 0 Å². The number of piperidine rings is 1. The summed E-state index contributed by atoms with van der Waals surface area (Å²) in [4.78, 5) is 2.47. The fourth-order valence-electron chi connectivity index (χ4n) is 3.32. The molecule has 4 heteroatoms. The van der Waals surface area contributed by atoms with Crippen LogP contribution in [-0.4, -0.2) is 46.0 Å². The molecule has 22 heavy (non-hydrogen) atoms. The number of anilines is 1. The van der Waals surface area contributed by atoms with E-state index in [1.807, 2.05) is 12.1 Å². The van der Waals surface area contributed by atoms with Gasteiger partial charge in [-0.1, -0.05) is 6.92 Å². The van der Waals surface area contributed by atoms with E-state index in [0.29, 0.717) is 11.5 Å². The largest absolute Gasteiger partial charge is 0.497 e. The summed E-state index contributed by atoms with van der Waals surface area (Å²) in [5, 5.41) is 3.78. The van der Waals surface area contributed by atoms with Gasteiger partial charge in [0.05, 0.1) is 20.3 Å². The maximum atomic E-state index is 5.40. The molecule has 0 unspecified atom stereocenters. The summed E-state index contributed by atoms with van der Waals surface area (Å²) in [5.74, 6) is 0.924. The Labute approximate surface area is 133 Å². The molecule has 0 radical (unpaired) electrons. The second-order valence-electron chi connectivity index (χ2n) is 6.69. The highest BCUT2D eigenvalue weighted by molar-refractivity contribution is 5.49. The monoisotopic (exact) mass is 304 g/mol. The summed E-state index contributed by atoms with van der Waals surface area (Å²) in [7, 11) is 1.71. The number of nitrogens with one attached hydrogen (secondary N) is 1. The van der Waals surface area contributed by atoms with Gasteiger partial charge in [0.1, 0.15) is 5.75 Å². The number of methoxy groups -OCH3 is 1. The Morgan fingerprint density at radius 1 is 1.23 bits per heavy atom. The standard InChI is InChI=1S/C18H28N2O2/c1-3-18(13-22-14-18)12-19-15-8-10-20(11-9-15)16-4-6-17(21-2)7-5-16/h4-7,15,19H,3,8-14H2,1-2H3. The van der Waals surface area contributed by atoms with Crippen LogP contribution in [0.2, 0.25) is 0 Å². The highest BCUT2D eigenvalue weighted by Gasteiger charge is 2.37. The van der Waals surface area contributed by atoms with E-state index in [9.17, 15) is 0 Å². The van der Waals surface area contributed by atoms with Crippen molar-refractivity contribution in [3.63, 3.8) is 0 Å². The molecule has 0 saturated carbocycles. The molecule has 2 aliphatic rings. The molecule has 0 aliphatic carbocycles. The Balaban J connectivity index is 1.45. The Hall–Kier alpha value is -1.26. The van der Waals surface area contributed by atoms with Gasteiger partial charge in [-0.2, -0.15) is 0 Å². The molecule has 2 heterocycles. The summed E-state index contributed by atoms with van der Waals surface area (Å²) in [6, 6.07) is 9.05. The van der Waals surface area contributed by atoms with Gasteiger partial charge in [-0.05, 0) is 43.5 Å². The average Bonchev–Trinajstić information content (AvgIpc) is 2.55. The predicted octanol–water partition coefficient (Wildman–Crippen LogP) is 2.68. The van der Waals surface area contributed by atoms with E-state index in [4.69, 9.17) is 9.47 Å². The lowest BCUT2D eigenvalue weighted by atomic mass is 9.82. The van der Waals surface area contributed by atoms with Gasteiger partial charge < -0.3 is 19.7 Å². The molecule has 1 aromatic rings. The molecule has 122 valence electrons. The highest BCUT2D eigenvalue weighted by Crippen LogP contribution is 2.31. The molecule has 1 aromatic carbocycles. The minimum Gasteiger partial charge on any atom is -0.497 e. The topological polar surface area (TPSA) is 33.7 Å². The number of nitrogens with zero attached hydrogens (tertiary/aromatic N) is 1. The van der Waals surface area contributed by atoms with E-state index in [1.165, 1.54) is 24.9 Å². The van der Waals surface area contributed by atoms with Crippen molar-refractivity contribution in [2.45, 2.75) is 32.2 Å². The molecule has 4 nitrogen and oxygen atoms in total. The van der Waals surface area contributed by atoms with Crippen LogP contribution in [0.25, 0.3) is 0 Å². The number of benzene rings is 1. The Bertz CT molecular complexity index is 457. The maximum Gasteiger partial charge on any atom is 0.119 e. The zero-order chi connectivity index (χ0) is 15.4. The van der Waals surface area contributed by atoms with Gasteiger partial charge in [0.2, 0.25) is 0 Å². The molecule has 0 aromatic heterocycles. The van der Waals surface area contributed by atoms with Crippen LogP contribution in [0.1, 0.15) is 26.2 Å². The van der Waals surface area contributed by atoms with Crippen LogP contribution in [0.15, 0.2) is 24.3 Å². The van der Waals surface area contributed by atoms with Crippen LogP contribution >= 0.6 is 0 Å². The molecule has 0 amide bonds. The Morgan fingerprint density at radius 2 is 1.91 bits per heavy atom. The third-order valence-corrected chi connectivity index (χ3v) is 5.26. The highest BCUT2D eigenvalue weighted by atomic mass is 16.5. The first-order valence-corrected chi connectivity index (χ1v) is 8.45. The molecular formula is C18H28N2O2. The minimum atomic E-state index is 0.410. The summed E-state index contributed by atoms with van der Waals surface area (Å²) in [6.07, 6.45) is 3.64. The molecule has 3 rings (SSSR count). The van der Waals surface area contributed by atoms with Crippen molar-refractivity contribution < 1.29 is 9.47 Å². The van der Waals surface area contributed by atoms with Crippen LogP contribution in [-0.2, 0) is 4.74 Å². The van der Waals surface area contributed by atoms with Gasteiger partial charge in [0.15, 0.2) is 0 Å². The Kier molecular flexibility index (Phi) is 4.89. The predicted molar refractivity (Wildman–Crippen MR) is 89.8 cm³/mol. The van der Waals surface area contributed by atoms with Gasteiger partial charge in [0.25, 0.3) is 0 Å². The van der Waals surface area contributed by atoms with Crippen LogP contribution in [0.3, 0.4) is 0 Å². The number of hydrogen-bond acceptors (Lipinski definition) is 4. The molecule has 0 bridgehead atoms. The minimum absolute atomic E-state index is 0.410. The summed E-state index contributed by atoms with van der Waals surface area (Å²) >= 11 is 0. The lowest BCUT2D eigenvalue weighted by molar-refractivity contribution is -0.114. The fourth-order valence-corrected chi connectivity index (χ4v) is 3.32. The summed E-state index contributed by atoms with van der Waals surface area (Å²) in [5.41, 5.74) is 1.71. The van der Waals surface area contributed by atoms with Crippen LogP contribution in [0, 0.1) is 5.41 Å². The van der Waals surface area contributed by atoms with E-state index in [0.717, 1.165) is 38.6 Å². The van der Waals surface area contributed by atoms with E-state index in [1.54, 1.807) is 7.11 Å². The van der Waals surface area contributed by atoms with Crippen molar-refractivity contribution in [3.05, 3.63) is 24.3 Å². The quantitative estimate of drug-likeness (QED) is 0.876. The van der Waals surface area contributed by atoms with Crippen molar-refractivity contribution >= 4 is 5.69 Å². The van der Waals surface area contributed by atoms with Crippen LogP contribution in [0.4, 0.5) is 5.69 Å². The third kappa shape index (κ3) is 3.39. The molecule has 0 spiro atoms. The van der Waals surface area contributed by atoms with E-state index < -0.39 is 0 Å². The molecule has 2 aliphatic heterocycles. The van der Waals surface area contributed by atoms with Gasteiger partial charge in [-0.3, -0.25) is 0 Å². The zero-order valence-corrected chi connectivity index (χ0v) is 13.8. The summed E-state index contributed by atoms with van der Waals surface area (Å²) in [6.45, 7) is 7.49. The number of ether oxygens (including phenoxy) is 2. The normalized spacial score (nSPS) is 21.5. The van der Waals surface area contributed by atoms with Gasteiger partial charge in [-0.25, -0.2) is 0 Å². The van der Waals surface area contributed by atoms with Crippen molar-refractivity contribution in [1.29, 1.82) is 0 Å². The first kappa shape index (κ1) is 15.6. The Morgan fingerprint density at radius 3 is 2.41 bits per heavy atom. The number of hydrogen-bond donors (Lipinski definition) is 1. The fraction of sp³-hybridized carbons (Fsp3) is 0.667. The van der Waals surface area contributed by atoms with Crippen LogP contribution in [0.5, 0.6) is 5.75 Å². The molecule has 2 saturated heterocycles. The second kappa shape index (κ2) is 6.88. The lowest BCUT2D eigenvalue weighted by Crippen LogP contribution is -2.53. The molecule has 2 fully saturated rings. The second-order valence-corrected chi connectivity index (χ2v) is 6.69. The van der Waals surface area contributed by atoms with Crippen LogP contribution < -0.4 is 15.0 Å². The summed E-state index contributed by atoms with van der Waals surface area (Å²) < 4.78 is 10.6. The smallest absolute Gasteiger partial charge is 0.119 e. The van der Waals surface area contributed by atoms with Gasteiger partial charge in [-0.15, -0.1) is 0 Å². The van der Waals surface area contributed by atoms with Crippen molar-refractivity contribution in [3.8, 4) is 5.75 Å². The first-order valence-electron chi connectivity index (χ1n) is 8.45. The first-order chi connectivity index (χ1) is 10.7. The van der Waals surface area contributed by atoms with Crippen molar-refractivity contribution in [2.24, 2.45) is 5.41 Å². The molecule has 1 N–H and O–H groups in total. The van der Waals surface area contributed by atoms with E-state index >= 15 is 0 Å². The lowest BCUT2D eigenvalue weighted by Gasteiger charge is -2.43. The molecule has 0 atom stereocenters. The van der Waals surface area contributed by atoms with Crippen molar-refractivity contribution in [1.82, 2.24) is 5.32 Å². The van der Waals surface area contributed by atoms with Gasteiger partial charge >= 0.3 is 0 Å². The SMILES string of the molecule is CCC1(CNC2CCN(c3ccc(OC)cc3)CC2)COC1. The maximum absolute atomic E-state index is 5.40. The zero-order valence-electron chi connectivity index (χ0n) is 13.8. The molecular weight excluding hydrogens is 276 g/mol. The van der Waals surface area contributed by atoms with E-state index in [2.05, 4.69) is 29.3 Å². The van der Waals surface area contributed by atoms with Crippen molar-refractivity contribution in [2.75, 3.05) is 44.9 Å². The number of rotatable bonds is 6. The average molecular weight is 304 g/mol. The van der Waals surface area contributed by atoms with Gasteiger partial charge in [0, 0.05) is 36.8 Å².